The van der Waals surface area contributed by atoms with Gasteiger partial charge in [0.1, 0.15) is 0 Å². The lowest BCUT2D eigenvalue weighted by Gasteiger charge is -2.19. The minimum atomic E-state index is 0.626. The van der Waals surface area contributed by atoms with Gasteiger partial charge in [0.05, 0.1) is 5.69 Å². The van der Waals surface area contributed by atoms with Crippen LogP contribution in [0.2, 0.25) is 0 Å². The molecular formula is C20H22N6. The molecule has 4 rings (SSSR count). The molecule has 0 saturated carbocycles. The molecule has 26 heavy (non-hydrogen) atoms. The van der Waals surface area contributed by atoms with Crippen LogP contribution in [-0.2, 0) is 13.0 Å². The normalized spacial score (nSPS) is 13.2. The number of hydrogen-bond donors (Lipinski definition) is 1. The number of anilines is 1. The van der Waals surface area contributed by atoms with Gasteiger partial charge in [-0.2, -0.15) is 10.4 Å². The number of rotatable bonds is 6. The molecule has 0 atom stereocenters. The Morgan fingerprint density at radius 1 is 1.31 bits per heavy atom. The average Bonchev–Trinajstić information content (AvgIpc) is 3.22. The van der Waals surface area contributed by atoms with Gasteiger partial charge in [-0.15, -0.1) is 4.68 Å². The van der Waals surface area contributed by atoms with Crippen LogP contribution >= 0.6 is 0 Å². The molecule has 3 aromatic rings. The summed E-state index contributed by atoms with van der Waals surface area (Å²) >= 11 is 0. The minimum absolute atomic E-state index is 0.626. The highest BCUT2D eigenvalue weighted by molar-refractivity contribution is 5.79. The van der Waals surface area contributed by atoms with Crippen molar-refractivity contribution in [2.24, 2.45) is 0 Å². The van der Waals surface area contributed by atoms with Crippen LogP contribution in [0.5, 0.6) is 0 Å². The van der Waals surface area contributed by atoms with Crippen LogP contribution in [0.1, 0.15) is 23.2 Å². The summed E-state index contributed by atoms with van der Waals surface area (Å²) in [7, 11) is 0. The zero-order valence-corrected chi connectivity index (χ0v) is 14.9. The van der Waals surface area contributed by atoms with Gasteiger partial charge in [0.25, 0.3) is 0 Å². The third-order valence-corrected chi connectivity index (χ3v) is 4.95. The largest absolute Gasteiger partial charge is 0.371 e. The highest BCUT2D eigenvalue weighted by Gasteiger charge is 2.17. The Bertz CT molecular complexity index is 968. The number of nitrogens with one attached hydrogen (secondary N) is 1. The van der Waals surface area contributed by atoms with Gasteiger partial charge in [-0.05, 0) is 49.6 Å². The fraction of sp³-hybridized carbons (Fsp3) is 0.350. The summed E-state index contributed by atoms with van der Waals surface area (Å²) in [5, 5.41) is 17.7. The van der Waals surface area contributed by atoms with Crippen molar-refractivity contribution >= 4 is 16.7 Å². The Morgan fingerprint density at radius 2 is 2.19 bits per heavy atom. The van der Waals surface area contributed by atoms with E-state index in [4.69, 9.17) is 5.26 Å². The molecule has 0 unspecified atom stereocenters. The molecule has 1 aliphatic rings. The van der Waals surface area contributed by atoms with Gasteiger partial charge in [0, 0.05) is 36.9 Å². The number of benzene rings is 1. The van der Waals surface area contributed by atoms with E-state index >= 15 is 0 Å². The predicted octanol–water partition coefficient (Wildman–Crippen LogP) is 2.61. The van der Waals surface area contributed by atoms with Crippen LogP contribution < -0.4 is 10.2 Å². The maximum Gasteiger partial charge on any atom is 0.208 e. The van der Waals surface area contributed by atoms with E-state index in [0.717, 1.165) is 55.7 Å². The molecule has 6 heteroatoms. The SMILES string of the molecule is Cc1nn(C#N)c2ncc(CNCCCN3CCc4ccccc43)cc12. The van der Waals surface area contributed by atoms with E-state index in [0.29, 0.717) is 5.65 Å². The standard InChI is InChI=1S/C20H22N6/c1-15-18-11-16(13-23-20(18)26(14-21)24-15)12-22-8-4-9-25-10-7-17-5-2-3-6-19(17)25/h2-3,5-6,11,13,22H,4,7-10,12H2,1H3. The van der Waals surface area contributed by atoms with Crippen LogP contribution in [0, 0.1) is 18.4 Å². The zero-order valence-electron chi connectivity index (χ0n) is 14.9. The van der Waals surface area contributed by atoms with Crippen LogP contribution in [0.15, 0.2) is 36.5 Å². The lowest BCUT2D eigenvalue weighted by Crippen LogP contribution is -2.25. The summed E-state index contributed by atoms with van der Waals surface area (Å²) in [6.45, 7) is 5.85. The lowest BCUT2D eigenvalue weighted by molar-refractivity contribution is 0.638. The molecule has 0 bridgehead atoms. The molecule has 0 amide bonds. The number of fused-ring (bicyclic) bond motifs is 2. The van der Waals surface area contributed by atoms with Crippen molar-refractivity contribution in [1.82, 2.24) is 20.1 Å². The zero-order chi connectivity index (χ0) is 17.9. The molecule has 0 aliphatic carbocycles. The smallest absolute Gasteiger partial charge is 0.208 e. The van der Waals surface area contributed by atoms with Crippen LogP contribution in [0.4, 0.5) is 5.69 Å². The van der Waals surface area contributed by atoms with Gasteiger partial charge >= 0.3 is 0 Å². The first-order chi connectivity index (χ1) is 12.8. The number of aryl methyl sites for hydroxylation is 1. The van der Waals surface area contributed by atoms with Gasteiger partial charge in [-0.25, -0.2) is 4.98 Å². The quantitative estimate of drug-likeness (QED) is 0.695. The van der Waals surface area contributed by atoms with E-state index in [2.05, 4.69) is 50.6 Å². The van der Waals surface area contributed by atoms with Gasteiger partial charge in [0.15, 0.2) is 5.65 Å². The minimum Gasteiger partial charge on any atom is -0.371 e. The fourth-order valence-corrected chi connectivity index (χ4v) is 3.62. The molecule has 6 nitrogen and oxygen atoms in total. The van der Waals surface area contributed by atoms with E-state index < -0.39 is 0 Å². The Balaban J connectivity index is 1.28. The van der Waals surface area contributed by atoms with Crippen LogP contribution in [-0.4, -0.2) is 34.4 Å². The van der Waals surface area contributed by atoms with Crippen molar-refractivity contribution in [3.05, 3.63) is 53.3 Å². The van der Waals surface area contributed by atoms with Crippen molar-refractivity contribution < 1.29 is 0 Å². The molecule has 0 radical (unpaired) electrons. The Labute approximate surface area is 153 Å². The third-order valence-electron chi connectivity index (χ3n) is 4.95. The Hall–Kier alpha value is -2.91. The van der Waals surface area contributed by atoms with E-state index in [1.54, 1.807) is 0 Å². The van der Waals surface area contributed by atoms with Crippen molar-refractivity contribution in [3.8, 4) is 6.19 Å². The summed E-state index contributed by atoms with van der Waals surface area (Å²) in [6.07, 6.45) is 6.11. The number of nitrogens with zero attached hydrogens (tertiary/aromatic N) is 5. The molecular weight excluding hydrogens is 324 g/mol. The van der Waals surface area contributed by atoms with Crippen LogP contribution in [0.3, 0.4) is 0 Å². The van der Waals surface area contributed by atoms with Crippen molar-refractivity contribution in [2.45, 2.75) is 26.3 Å². The van der Waals surface area contributed by atoms with Crippen LogP contribution in [0.25, 0.3) is 11.0 Å². The Morgan fingerprint density at radius 3 is 3.08 bits per heavy atom. The number of aromatic nitrogens is 3. The predicted molar refractivity (Wildman–Crippen MR) is 102 cm³/mol. The van der Waals surface area contributed by atoms with E-state index in [-0.39, 0.29) is 0 Å². The van der Waals surface area contributed by atoms with Gasteiger partial charge in [-0.3, -0.25) is 0 Å². The van der Waals surface area contributed by atoms with E-state index in [1.807, 2.05) is 19.3 Å². The lowest BCUT2D eigenvalue weighted by atomic mass is 10.2. The van der Waals surface area contributed by atoms with Gasteiger partial charge in [-0.1, -0.05) is 18.2 Å². The summed E-state index contributed by atoms with van der Waals surface area (Å²) in [4.78, 5) is 6.87. The average molecular weight is 346 g/mol. The molecule has 3 heterocycles. The molecule has 0 spiro atoms. The number of nitriles is 1. The molecule has 2 aromatic heterocycles. The van der Waals surface area contributed by atoms with Gasteiger partial charge < -0.3 is 10.2 Å². The molecule has 1 aromatic carbocycles. The highest BCUT2D eigenvalue weighted by atomic mass is 15.3. The summed E-state index contributed by atoms with van der Waals surface area (Å²) in [5.41, 5.74) is 5.44. The maximum atomic E-state index is 9.06. The van der Waals surface area contributed by atoms with E-state index in [1.165, 1.54) is 15.9 Å². The Kier molecular flexibility index (Phi) is 4.55. The number of pyridine rings is 1. The topological polar surface area (TPSA) is 69.8 Å². The monoisotopic (exact) mass is 346 g/mol. The first kappa shape index (κ1) is 16.6. The van der Waals surface area contributed by atoms with E-state index in [9.17, 15) is 0 Å². The second-order valence-electron chi connectivity index (χ2n) is 6.71. The first-order valence-electron chi connectivity index (χ1n) is 9.04. The second kappa shape index (κ2) is 7.14. The molecule has 132 valence electrons. The summed E-state index contributed by atoms with van der Waals surface area (Å²) < 4.78 is 1.27. The fourth-order valence-electron chi connectivity index (χ4n) is 3.62. The molecule has 0 saturated heterocycles. The highest BCUT2D eigenvalue weighted by Crippen LogP contribution is 2.27. The van der Waals surface area contributed by atoms with Gasteiger partial charge in [0.2, 0.25) is 6.19 Å². The maximum absolute atomic E-state index is 9.06. The molecule has 1 N–H and O–H groups in total. The first-order valence-corrected chi connectivity index (χ1v) is 9.04. The summed E-state index contributed by atoms with van der Waals surface area (Å²) in [5.74, 6) is 0. The van der Waals surface area contributed by atoms with Crippen molar-refractivity contribution in [1.29, 1.82) is 5.26 Å². The number of hydrogen-bond acceptors (Lipinski definition) is 5. The van der Waals surface area contributed by atoms with Crippen molar-refractivity contribution in [3.63, 3.8) is 0 Å². The summed E-state index contributed by atoms with van der Waals surface area (Å²) in [6, 6.07) is 10.8. The third kappa shape index (κ3) is 3.14. The molecule has 1 aliphatic heterocycles. The second-order valence-corrected chi connectivity index (χ2v) is 6.71. The molecule has 0 fully saturated rings. The number of para-hydroxylation sites is 1. The van der Waals surface area contributed by atoms with Crippen molar-refractivity contribution in [2.75, 3.05) is 24.5 Å².